The summed E-state index contributed by atoms with van der Waals surface area (Å²) in [5, 5.41) is 19.4. The third-order valence-corrected chi connectivity index (χ3v) is 3.19. The van der Waals surface area contributed by atoms with Crippen LogP contribution in [0.3, 0.4) is 0 Å². The van der Waals surface area contributed by atoms with Crippen molar-refractivity contribution in [2.24, 2.45) is 0 Å². The topological polar surface area (TPSA) is 99.6 Å². The molecule has 18 heavy (non-hydrogen) atoms. The van der Waals surface area contributed by atoms with Gasteiger partial charge in [0.2, 0.25) is 0 Å². The first-order valence-corrected chi connectivity index (χ1v) is 6.20. The maximum Gasteiger partial charge on any atom is 0.354 e. The molecule has 0 fully saturated rings. The van der Waals surface area contributed by atoms with Crippen LogP contribution in [0.2, 0.25) is 0 Å². The van der Waals surface area contributed by atoms with E-state index in [4.69, 9.17) is 0 Å². The second-order valence-electron chi connectivity index (χ2n) is 3.65. The zero-order valence-electron chi connectivity index (χ0n) is 10.0. The number of H-pyrrole nitrogens is 1. The number of hydrogen-bond donors (Lipinski definition) is 3. The summed E-state index contributed by atoms with van der Waals surface area (Å²) in [4.78, 5) is 24.6. The van der Waals surface area contributed by atoms with Crippen molar-refractivity contribution in [3.8, 4) is 0 Å². The molecule has 0 aliphatic rings. The summed E-state index contributed by atoms with van der Waals surface area (Å²) in [6.07, 6.45) is -0.829. The van der Waals surface area contributed by atoms with Gasteiger partial charge in [0.25, 0.3) is 0 Å². The van der Waals surface area contributed by atoms with Crippen LogP contribution in [0.15, 0.2) is 12.3 Å². The summed E-state index contributed by atoms with van der Waals surface area (Å²) < 4.78 is 4.51. The third kappa shape index (κ3) is 3.86. The van der Waals surface area contributed by atoms with Gasteiger partial charge < -0.3 is 19.9 Å². The Morgan fingerprint density at radius 3 is 2.72 bits per heavy atom. The number of aliphatic hydroxyl groups excluding tert-OH is 2. The Morgan fingerprint density at radius 1 is 1.50 bits per heavy atom. The highest BCUT2D eigenvalue weighted by Crippen LogP contribution is 2.21. The van der Waals surface area contributed by atoms with E-state index in [0.717, 1.165) is 11.8 Å². The molecule has 3 N–H and O–H groups in total. The van der Waals surface area contributed by atoms with E-state index in [1.165, 1.54) is 26.3 Å². The number of esters is 1. The van der Waals surface area contributed by atoms with Gasteiger partial charge in [0.05, 0.1) is 13.2 Å². The summed E-state index contributed by atoms with van der Waals surface area (Å²) in [6.45, 7) is 1.38. The predicted octanol–water partition coefficient (Wildman–Crippen LogP) is 0.475. The molecule has 0 spiro atoms. The van der Waals surface area contributed by atoms with Crippen molar-refractivity contribution >= 4 is 22.8 Å². The van der Waals surface area contributed by atoms with Crippen LogP contribution in [-0.2, 0) is 9.53 Å². The number of ether oxygens (including phenoxy) is 1. The standard InChI is InChI=1S/C11H15NO5S/c1-6(13)18-5-9(14)10(15)7-3-8(12-4-7)11(16)17-2/h3-4,9-10,12,14-15H,5H2,1-2H3. The molecule has 2 atom stereocenters. The molecule has 0 radical (unpaired) electrons. The van der Waals surface area contributed by atoms with Gasteiger partial charge in [-0.1, -0.05) is 11.8 Å². The van der Waals surface area contributed by atoms with E-state index in [1.54, 1.807) is 0 Å². The molecule has 1 aromatic rings. The lowest BCUT2D eigenvalue weighted by Gasteiger charge is -2.15. The third-order valence-electron chi connectivity index (χ3n) is 2.27. The lowest BCUT2D eigenvalue weighted by atomic mass is 10.1. The van der Waals surface area contributed by atoms with Gasteiger partial charge in [0.1, 0.15) is 11.8 Å². The first-order valence-electron chi connectivity index (χ1n) is 5.21. The number of rotatable bonds is 5. The minimum Gasteiger partial charge on any atom is -0.464 e. The molecule has 0 aliphatic heterocycles. The van der Waals surface area contributed by atoms with Gasteiger partial charge in [-0.05, 0) is 6.07 Å². The van der Waals surface area contributed by atoms with E-state index in [-0.39, 0.29) is 16.6 Å². The van der Waals surface area contributed by atoms with E-state index in [9.17, 15) is 19.8 Å². The van der Waals surface area contributed by atoms with Gasteiger partial charge in [-0.3, -0.25) is 4.79 Å². The van der Waals surface area contributed by atoms with Gasteiger partial charge in [-0.25, -0.2) is 4.79 Å². The predicted molar refractivity (Wildman–Crippen MR) is 66.2 cm³/mol. The molecular weight excluding hydrogens is 258 g/mol. The highest BCUT2D eigenvalue weighted by atomic mass is 32.2. The SMILES string of the molecule is COC(=O)c1cc(C(O)C(O)CSC(C)=O)c[nH]1. The Labute approximate surface area is 108 Å². The molecule has 1 rings (SSSR count). The number of thioether (sulfide) groups is 1. The molecule has 0 saturated heterocycles. The molecule has 1 aromatic heterocycles. The number of carbonyl (C=O) groups excluding carboxylic acids is 2. The highest BCUT2D eigenvalue weighted by molar-refractivity contribution is 8.13. The summed E-state index contributed by atoms with van der Waals surface area (Å²) in [5.41, 5.74) is 0.560. The number of aromatic nitrogens is 1. The van der Waals surface area contributed by atoms with Gasteiger partial charge in [0, 0.05) is 24.4 Å². The van der Waals surface area contributed by atoms with Crippen LogP contribution in [0, 0.1) is 0 Å². The van der Waals surface area contributed by atoms with Gasteiger partial charge >= 0.3 is 5.97 Å². The van der Waals surface area contributed by atoms with Crippen molar-refractivity contribution in [3.05, 3.63) is 23.5 Å². The molecule has 0 aromatic carbocycles. The van der Waals surface area contributed by atoms with E-state index >= 15 is 0 Å². The monoisotopic (exact) mass is 273 g/mol. The van der Waals surface area contributed by atoms with Crippen molar-refractivity contribution < 1.29 is 24.5 Å². The summed E-state index contributed by atoms with van der Waals surface area (Å²) in [7, 11) is 1.25. The number of aliphatic hydroxyl groups is 2. The maximum atomic E-state index is 11.2. The number of carbonyl (C=O) groups is 2. The van der Waals surface area contributed by atoms with E-state index in [0.29, 0.717) is 5.56 Å². The van der Waals surface area contributed by atoms with Crippen molar-refractivity contribution in [3.63, 3.8) is 0 Å². The zero-order chi connectivity index (χ0) is 13.7. The fourth-order valence-corrected chi connectivity index (χ4v) is 1.91. The Kier molecular flexibility index (Phi) is 5.39. The Morgan fingerprint density at radius 2 is 2.17 bits per heavy atom. The first-order chi connectivity index (χ1) is 8.45. The van der Waals surface area contributed by atoms with Crippen LogP contribution in [-0.4, -0.2) is 45.2 Å². The number of aromatic amines is 1. The Hall–Kier alpha value is -1.31. The summed E-state index contributed by atoms with van der Waals surface area (Å²) in [5.74, 6) is -0.462. The number of hydrogen-bond acceptors (Lipinski definition) is 6. The van der Waals surface area contributed by atoms with Crippen LogP contribution in [0.1, 0.15) is 29.1 Å². The van der Waals surface area contributed by atoms with E-state index in [1.807, 2.05) is 0 Å². The van der Waals surface area contributed by atoms with Crippen molar-refractivity contribution in [1.29, 1.82) is 0 Å². The molecule has 0 bridgehead atoms. The van der Waals surface area contributed by atoms with Gasteiger partial charge in [0.15, 0.2) is 5.12 Å². The van der Waals surface area contributed by atoms with Crippen molar-refractivity contribution in [2.45, 2.75) is 19.1 Å². The van der Waals surface area contributed by atoms with Crippen LogP contribution in [0.25, 0.3) is 0 Å². The molecule has 2 unspecified atom stereocenters. The fraction of sp³-hybridized carbons (Fsp3) is 0.455. The minimum atomic E-state index is -1.16. The van der Waals surface area contributed by atoms with Crippen LogP contribution in [0.4, 0.5) is 0 Å². The average molecular weight is 273 g/mol. The van der Waals surface area contributed by atoms with Crippen LogP contribution < -0.4 is 0 Å². The average Bonchev–Trinajstić information content (AvgIpc) is 2.83. The molecule has 100 valence electrons. The molecule has 6 nitrogen and oxygen atoms in total. The summed E-state index contributed by atoms with van der Waals surface area (Å²) in [6, 6.07) is 1.40. The molecule has 0 saturated carbocycles. The number of nitrogens with one attached hydrogen (secondary N) is 1. The Balaban J connectivity index is 2.65. The minimum absolute atomic E-state index is 0.0925. The molecule has 7 heteroatoms. The quantitative estimate of drug-likeness (QED) is 0.675. The normalized spacial score (nSPS) is 14.0. The van der Waals surface area contributed by atoms with Crippen molar-refractivity contribution in [1.82, 2.24) is 4.98 Å². The molecule has 0 aliphatic carbocycles. The second-order valence-corrected chi connectivity index (χ2v) is 4.85. The van der Waals surface area contributed by atoms with Crippen LogP contribution >= 0.6 is 11.8 Å². The molecule has 1 heterocycles. The first kappa shape index (κ1) is 14.7. The van der Waals surface area contributed by atoms with Gasteiger partial charge in [-0.15, -0.1) is 0 Å². The Bertz CT molecular complexity index is 431. The summed E-state index contributed by atoms with van der Waals surface area (Å²) >= 11 is 0.929. The largest absolute Gasteiger partial charge is 0.464 e. The fourth-order valence-electron chi connectivity index (χ4n) is 1.33. The molecule has 0 amide bonds. The molecular formula is C11H15NO5S. The second kappa shape index (κ2) is 6.58. The maximum absolute atomic E-state index is 11.2. The lowest BCUT2D eigenvalue weighted by Crippen LogP contribution is -2.21. The van der Waals surface area contributed by atoms with E-state index < -0.39 is 18.2 Å². The lowest BCUT2D eigenvalue weighted by molar-refractivity contribution is -0.109. The highest BCUT2D eigenvalue weighted by Gasteiger charge is 2.21. The van der Waals surface area contributed by atoms with Gasteiger partial charge in [-0.2, -0.15) is 0 Å². The van der Waals surface area contributed by atoms with Crippen molar-refractivity contribution in [2.75, 3.05) is 12.9 Å². The number of methoxy groups -OCH3 is 1. The van der Waals surface area contributed by atoms with E-state index in [2.05, 4.69) is 9.72 Å². The zero-order valence-corrected chi connectivity index (χ0v) is 10.9. The smallest absolute Gasteiger partial charge is 0.354 e. The van der Waals surface area contributed by atoms with Crippen LogP contribution in [0.5, 0.6) is 0 Å².